The molecular weight excluding hydrogens is 256 g/mol. The molecule has 0 bridgehead atoms. The lowest BCUT2D eigenvalue weighted by molar-refractivity contribution is -0.138. The lowest BCUT2D eigenvalue weighted by Gasteiger charge is -2.00. The lowest BCUT2D eigenvalue weighted by Crippen LogP contribution is -2.06. The number of benzene rings is 1. The van der Waals surface area contributed by atoms with Crippen LogP contribution in [-0.2, 0) is 14.3 Å². The third-order valence-corrected chi connectivity index (χ3v) is 2.09. The summed E-state index contributed by atoms with van der Waals surface area (Å²) in [4.78, 5) is 22.4. The summed E-state index contributed by atoms with van der Waals surface area (Å²) in [6.07, 6.45) is 2.79. The number of carbonyl (C=O) groups is 2. The fourth-order valence-electron chi connectivity index (χ4n) is 1.04. The van der Waals surface area contributed by atoms with E-state index in [1.807, 2.05) is 6.92 Å². The van der Waals surface area contributed by atoms with Crippen LogP contribution >= 0.6 is 11.6 Å². The van der Waals surface area contributed by atoms with Crippen molar-refractivity contribution >= 4 is 23.5 Å². The van der Waals surface area contributed by atoms with Gasteiger partial charge in [0.25, 0.3) is 0 Å². The minimum absolute atomic E-state index is 0.329. The highest BCUT2D eigenvalue weighted by Crippen LogP contribution is 2.15. The van der Waals surface area contributed by atoms with E-state index < -0.39 is 11.9 Å². The van der Waals surface area contributed by atoms with Crippen molar-refractivity contribution in [2.75, 3.05) is 6.61 Å². The van der Waals surface area contributed by atoms with Gasteiger partial charge in [-0.3, -0.25) is 0 Å². The fourth-order valence-corrected chi connectivity index (χ4v) is 1.17. The number of halogens is 1. The molecule has 0 aliphatic carbocycles. The molecule has 0 N–H and O–H groups in total. The van der Waals surface area contributed by atoms with Crippen LogP contribution in [0, 0.1) is 0 Å². The van der Waals surface area contributed by atoms with Crippen LogP contribution < -0.4 is 4.74 Å². The number of hydrogen-bond acceptors (Lipinski definition) is 4. The first-order valence-corrected chi connectivity index (χ1v) is 5.82. The third kappa shape index (κ3) is 5.50. The van der Waals surface area contributed by atoms with E-state index in [0.29, 0.717) is 17.4 Å². The van der Waals surface area contributed by atoms with E-state index in [0.717, 1.165) is 18.6 Å². The Morgan fingerprint density at radius 3 is 2.39 bits per heavy atom. The Kier molecular flexibility index (Phi) is 5.94. The second-order valence-electron chi connectivity index (χ2n) is 3.38. The summed E-state index contributed by atoms with van der Waals surface area (Å²) in [5.41, 5.74) is 0. The zero-order valence-electron chi connectivity index (χ0n) is 9.89. The molecule has 0 aliphatic heterocycles. The molecule has 5 heteroatoms. The standard InChI is InChI=1S/C13H13ClO4/c1-2-9-17-12(15)7-8-13(16)18-11-5-3-10(14)4-6-11/h3-8H,2,9H2,1H3/b8-7+. The molecule has 18 heavy (non-hydrogen) atoms. The van der Waals surface area contributed by atoms with Crippen molar-refractivity contribution in [3.8, 4) is 5.75 Å². The van der Waals surface area contributed by atoms with Gasteiger partial charge in [0.05, 0.1) is 6.61 Å². The molecule has 0 heterocycles. The highest BCUT2D eigenvalue weighted by molar-refractivity contribution is 6.30. The van der Waals surface area contributed by atoms with Gasteiger partial charge in [-0.05, 0) is 30.7 Å². The van der Waals surface area contributed by atoms with Crippen LogP contribution in [0.4, 0.5) is 0 Å². The second kappa shape index (κ2) is 7.50. The van der Waals surface area contributed by atoms with Gasteiger partial charge in [0.2, 0.25) is 0 Å². The molecule has 0 aromatic heterocycles. The van der Waals surface area contributed by atoms with E-state index in [9.17, 15) is 9.59 Å². The molecule has 1 aromatic rings. The van der Waals surface area contributed by atoms with Gasteiger partial charge in [-0.1, -0.05) is 18.5 Å². The van der Waals surface area contributed by atoms with Crippen molar-refractivity contribution in [3.63, 3.8) is 0 Å². The van der Waals surface area contributed by atoms with Crippen LogP contribution in [0.1, 0.15) is 13.3 Å². The van der Waals surface area contributed by atoms with Gasteiger partial charge >= 0.3 is 11.9 Å². The van der Waals surface area contributed by atoms with Crippen LogP contribution in [0.2, 0.25) is 5.02 Å². The van der Waals surface area contributed by atoms with Crippen molar-refractivity contribution in [2.24, 2.45) is 0 Å². The van der Waals surface area contributed by atoms with E-state index in [1.165, 1.54) is 0 Å². The Morgan fingerprint density at radius 2 is 1.78 bits per heavy atom. The molecule has 0 unspecified atom stereocenters. The topological polar surface area (TPSA) is 52.6 Å². The summed E-state index contributed by atoms with van der Waals surface area (Å²) in [7, 11) is 0. The van der Waals surface area contributed by atoms with Crippen LogP contribution in [0.25, 0.3) is 0 Å². The first-order chi connectivity index (χ1) is 8.61. The molecular formula is C13H13ClO4. The Morgan fingerprint density at radius 1 is 1.17 bits per heavy atom. The lowest BCUT2D eigenvalue weighted by atomic mass is 10.3. The molecule has 1 rings (SSSR count). The van der Waals surface area contributed by atoms with Gasteiger partial charge in [0, 0.05) is 17.2 Å². The molecule has 0 fully saturated rings. The molecule has 96 valence electrons. The number of ether oxygens (including phenoxy) is 2. The molecule has 1 aromatic carbocycles. The zero-order valence-corrected chi connectivity index (χ0v) is 10.6. The monoisotopic (exact) mass is 268 g/mol. The third-order valence-electron chi connectivity index (χ3n) is 1.84. The predicted octanol–water partition coefficient (Wildman–Crippen LogP) is 2.75. The summed E-state index contributed by atoms with van der Waals surface area (Å²) in [6.45, 7) is 2.21. The summed E-state index contributed by atoms with van der Waals surface area (Å²) in [6, 6.07) is 6.32. The minimum Gasteiger partial charge on any atom is -0.463 e. The molecule has 0 spiro atoms. The SMILES string of the molecule is CCCOC(=O)/C=C/C(=O)Oc1ccc(Cl)cc1. The number of hydrogen-bond donors (Lipinski definition) is 0. The number of carbonyl (C=O) groups excluding carboxylic acids is 2. The van der Waals surface area contributed by atoms with Crippen LogP contribution in [0.3, 0.4) is 0 Å². The van der Waals surface area contributed by atoms with Gasteiger partial charge in [-0.15, -0.1) is 0 Å². The molecule has 0 saturated carbocycles. The quantitative estimate of drug-likeness (QED) is 0.468. The summed E-state index contributed by atoms with van der Waals surface area (Å²) in [5, 5.41) is 0.550. The zero-order chi connectivity index (χ0) is 13.4. The normalized spacial score (nSPS) is 10.3. The maximum atomic E-state index is 11.3. The Balaban J connectivity index is 2.44. The molecule has 0 aliphatic rings. The second-order valence-corrected chi connectivity index (χ2v) is 3.81. The Labute approximate surface area is 110 Å². The van der Waals surface area contributed by atoms with Gasteiger partial charge in [-0.25, -0.2) is 9.59 Å². The Bertz CT molecular complexity index is 437. The van der Waals surface area contributed by atoms with E-state index in [2.05, 4.69) is 0 Å². The van der Waals surface area contributed by atoms with Crippen LogP contribution in [0.5, 0.6) is 5.75 Å². The summed E-state index contributed by atoms with van der Waals surface area (Å²) < 4.78 is 9.69. The van der Waals surface area contributed by atoms with Crippen molar-refractivity contribution in [1.82, 2.24) is 0 Å². The average Bonchev–Trinajstić information content (AvgIpc) is 2.36. The van der Waals surface area contributed by atoms with Crippen molar-refractivity contribution in [3.05, 3.63) is 41.4 Å². The maximum Gasteiger partial charge on any atom is 0.336 e. The smallest absolute Gasteiger partial charge is 0.336 e. The van der Waals surface area contributed by atoms with Crippen molar-refractivity contribution in [1.29, 1.82) is 0 Å². The van der Waals surface area contributed by atoms with Gasteiger partial charge in [0.15, 0.2) is 0 Å². The van der Waals surface area contributed by atoms with Crippen molar-refractivity contribution in [2.45, 2.75) is 13.3 Å². The van der Waals surface area contributed by atoms with Crippen LogP contribution in [-0.4, -0.2) is 18.5 Å². The Hall–Kier alpha value is -1.81. The van der Waals surface area contributed by atoms with Gasteiger partial charge in [-0.2, -0.15) is 0 Å². The largest absolute Gasteiger partial charge is 0.463 e. The fraction of sp³-hybridized carbons (Fsp3) is 0.231. The van der Waals surface area contributed by atoms with Crippen LogP contribution in [0.15, 0.2) is 36.4 Å². The summed E-state index contributed by atoms with van der Waals surface area (Å²) in [5.74, 6) is -0.855. The van der Waals surface area contributed by atoms with Gasteiger partial charge in [0.1, 0.15) is 5.75 Å². The molecule has 4 nitrogen and oxygen atoms in total. The molecule has 0 amide bonds. The number of esters is 2. The van der Waals surface area contributed by atoms with Gasteiger partial charge < -0.3 is 9.47 Å². The summed E-state index contributed by atoms with van der Waals surface area (Å²) >= 11 is 5.68. The van der Waals surface area contributed by atoms with E-state index in [4.69, 9.17) is 21.1 Å². The van der Waals surface area contributed by atoms with Crippen molar-refractivity contribution < 1.29 is 19.1 Å². The highest BCUT2D eigenvalue weighted by Gasteiger charge is 2.02. The minimum atomic E-state index is -0.647. The molecule has 0 saturated heterocycles. The van der Waals surface area contributed by atoms with E-state index in [-0.39, 0.29) is 0 Å². The predicted molar refractivity (Wildman–Crippen MR) is 67.5 cm³/mol. The van der Waals surface area contributed by atoms with E-state index >= 15 is 0 Å². The maximum absolute atomic E-state index is 11.3. The van der Waals surface area contributed by atoms with E-state index in [1.54, 1.807) is 24.3 Å². The first-order valence-electron chi connectivity index (χ1n) is 5.44. The highest BCUT2D eigenvalue weighted by atomic mass is 35.5. The number of rotatable bonds is 5. The molecule has 0 radical (unpaired) electrons. The molecule has 0 atom stereocenters. The average molecular weight is 269 g/mol. The first kappa shape index (κ1) is 14.3.